The molecule has 2 nitrogen and oxygen atoms in total. The van der Waals surface area contributed by atoms with Crippen LogP contribution in [0.3, 0.4) is 0 Å². The van der Waals surface area contributed by atoms with E-state index in [1.807, 2.05) is 37.1 Å². The van der Waals surface area contributed by atoms with Gasteiger partial charge in [0.25, 0.3) is 0 Å². The van der Waals surface area contributed by atoms with E-state index in [9.17, 15) is 9.50 Å². The van der Waals surface area contributed by atoms with Gasteiger partial charge in [-0.2, -0.15) is 0 Å². The summed E-state index contributed by atoms with van der Waals surface area (Å²) in [4.78, 5) is 1.95. The van der Waals surface area contributed by atoms with Crippen LogP contribution in [0.5, 0.6) is 0 Å². The molecule has 0 aliphatic carbocycles. The lowest BCUT2D eigenvalue weighted by atomic mass is 10.1. The molecule has 2 rings (SSSR count). The lowest BCUT2D eigenvalue weighted by Gasteiger charge is -2.24. The molecule has 0 spiro atoms. The summed E-state index contributed by atoms with van der Waals surface area (Å²) < 4.78 is 13.3. The van der Waals surface area contributed by atoms with Crippen LogP contribution in [0, 0.1) is 12.7 Å². The normalized spacial score (nSPS) is 12.3. The molecule has 0 aliphatic heterocycles. The first-order chi connectivity index (χ1) is 8.99. The Hall–Kier alpha value is -1.87. The first kappa shape index (κ1) is 13.6. The van der Waals surface area contributed by atoms with Crippen molar-refractivity contribution in [2.45, 2.75) is 20.0 Å². The van der Waals surface area contributed by atoms with Crippen molar-refractivity contribution >= 4 is 11.4 Å². The Morgan fingerprint density at radius 1 is 1.16 bits per heavy atom. The van der Waals surface area contributed by atoms with Crippen LogP contribution < -0.4 is 4.90 Å². The number of aliphatic hydroxyl groups is 1. The van der Waals surface area contributed by atoms with E-state index in [0.717, 1.165) is 16.9 Å². The first-order valence-electron chi connectivity index (χ1n) is 6.27. The van der Waals surface area contributed by atoms with Gasteiger partial charge in [-0.15, -0.1) is 0 Å². The maximum Gasteiger partial charge on any atom is 0.123 e. The van der Waals surface area contributed by atoms with Gasteiger partial charge in [0, 0.05) is 24.0 Å². The van der Waals surface area contributed by atoms with Gasteiger partial charge in [-0.05, 0) is 49.7 Å². The van der Waals surface area contributed by atoms with Crippen molar-refractivity contribution in [2.75, 3.05) is 11.9 Å². The third kappa shape index (κ3) is 2.93. The molecule has 2 aromatic carbocycles. The smallest absolute Gasteiger partial charge is 0.123 e. The van der Waals surface area contributed by atoms with Gasteiger partial charge in [-0.3, -0.25) is 0 Å². The average Bonchev–Trinajstić information content (AvgIpc) is 2.37. The number of aliphatic hydroxyl groups excluding tert-OH is 1. The molecule has 0 aliphatic rings. The molecule has 0 heterocycles. The van der Waals surface area contributed by atoms with Gasteiger partial charge in [-0.1, -0.05) is 12.1 Å². The molecule has 0 aromatic heterocycles. The summed E-state index contributed by atoms with van der Waals surface area (Å²) in [7, 11) is 1.91. The summed E-state index contributed by atoms with van der Waals surface area (Å²) in [6.07, 6.45) is -0.710. The highest BCUT2D eigenvalue weighted by Crippen LogP contribution is 2.31. The van der Waals surface area contributed by atoms with Crippen LogP contribution in [0.15, 0.2) is 42.5 Å². The molecule has 100 valence electrons. The fourth-order valence-corrected chi connectivity index (χ4v) is 2.14. The van der Waals surface area contributed by atoms with Gasteiger partial charge in [-0.25, -0.2) is 4.39 Å². The van der Waals surface area contributed by atoms with Crippen LogP contribution in [0.2, 0.25) is 0 Å². The van der Waals surface area contributed by atoms with Gasteiger partial charge >= 0.3 is 0 Å². The summed E-state index contributed by atoms with van der Waals surface area (Å²) in [6.45, 7) is 3.67. The minimum Gasteiger partial charge on any atom is -0.389 e. The topological polar surface area (TPSA) is 23.5 Å². The fourth-order valence-electron chi connectivity index (χ4n) is 2.14. The number of hydrogen-bond donors (Lipinski definition) is 1. The van der Waals surface area contributed by atoms with Crippen molar-refractivity contribution in [1.82, 2.24) is 0 Å². The van der Waals surface area contributed by atoms with Crippen molar-refractivity contribution in [3.63, 3.8) is 0 Å². The van der Waals surface area contributed by atoms with E-state index in [2.05, 4.69) is 6.07 Å². The summed E-state index contributed by atoms with van der Waals surface area (Å²) in [5.74, 6) is -0.336. The molecule has 1 unspecified atom stereocenters. The van der Waals surface area contributed by atoms with Crippen molar-refractivity contribution in [3.05, 3.63) is 59.4 Å². The highest BCUT2D eigenvalue weighted by molar-refractivity contribution is 5.66. The largest absolute Gasteiger partial charge is 0.389 e. The van der Waals surface area contributed by atoms with Crippen LogP contribution in [-0.4, -0.2) is 12.2 Å². The highest BCUT2D eigenvalue weighted by Gasteiger charge is 2.14. The Bertz CT molecular complexity index is 581. The Morgan fingerprint density at radius 3 is 2.53 bits per heavy atom. The van der Waals surface area contributed by atoms with Crippen molar-refractivity contribution in [1.29, 1.82) is 0 Å². The third-order valence-electron chi connectivity index (χ3n) is 3.19. The molecule has 0 saturated heterocycles. The number of aryl methyl sites for hydroxylation is 1. The molecular weight excluding hydrogens is 241 g/mol. The lowest BCUT2D eigenvalue weighted by molar-refractivity contribution is 0.199. The second-order valence-corrected chi connectivity index (χ2v) is 4.78. The van der Waals surface area contributed by atoms with E-state index in [1.165, 1.54) is 12.1 Å². The van der Waals surface area contributed by atoms with Gasteiger partial charge < -0.3 is 10.0 Å². The van der Waals surface area contributed by atoms with Gasteiger partial charge in [0.1, 0.15) is 5.82 Å². The maximum atomic E-state index is 13.3. The first-order valence-corrected chi connectivity index (χ1v) is 6.27. The van der Waals surface area contributed by atoms with Crippen LogP contribution in [0.1, 0.15) is 24.2 Å². The zero-order chi connectivity index (χ0) is 14.0. The second-order valence-electron chi connectivity index (χ2n) is 4.78. The van der Waals surface area contributed by atoms with Crippen LogP contribution in [0.25, 0.3) is 0 Å². The summed E-state index contributed by atoms with van der Waals surface area (Å²) >= 11 is 0. The van der Waals surface area contributed by atoms with Crippen molar-refractivity contribution in [2.24, 2.45) is 0 Å². The molecule has 2 aromatic rings. The van der Waals surface area contributed by atoms with Gasteiger partial charge in [0.15, 0.2) is 0 Å². The molecule has 1 atom stereocenters. The third-order valence-corrected chi connectivity index (χ3v) is 3.19. The van der Waals surface area contributed by atoms with E-state index in [-0.39, 0.29) is 5.82 Å². The Kier molecular flexibility index (Phi) is 3.86. The number of anilines is 2. The van der Waals surface area contributed by atoms with E-state index < -0.39 is 6.10 Å². The number of rotatable bonds is 3. The Balaban J connectivity index is 2.46. The van der Waals surface area contributed by atoms with Gasteiger partial charge in [0.05, 0.1) is 6.10 Å². The van der Waals surface area contributed by atoms with E-state index in [4.69, 9.17) is 0 Å². The number of benzene rings is 2. The molecule has 1 N–H and O–H groups in total. The van der Waals surface area contributed by atoms with Gasteiger partial charge in [0.2, 0.25) is 0 Å². The van der Waals surface area contributed by atoms with Crippen molar-refractivity contribution in [3.8, 4) is 0 Å². The Labute approximate surface area is 113 Å². The quantitative estimate of drug-likeness (QED) is 0.902. The summed E-state index contributed by atoms with van der Waals surface area (Å²) in [5.41, 5.74) is 3.56. The molecule has 0 radical (unpaired) electrons. The minimum absolute atomic E-state index is 0.336. The zero-order valence-electron chi connectivity index (χ0n) is 11.4. The van der Waals surface area contributed by atoms with Crippen molar-refractivity contribution < 1.29 is 9.50 Å². The van der Waals surface area contributed by atoms with Crippen LogP contribution in [-0.2, 0) is 0 Å². The van der Waals surface area contributed by atoms with E-state index in [1.54, 1.807) is 13.0 Å². The standard InChI is InChI=1S/C16H18FNO/c1-11-5-4-6-14(9-11)18(3)16-8-7-13(17)10-15(16)12(2)19/h4-10,12,19H,1-3H3. The van der Waals surface area contributed by atoms with Crippen LogP contribution >= 0.6 is 0 Å². The zero-order valence-corrected chi connectivity index (χ0v) is 11.4. The highest BCUT2D eigenvalue weighted by atomic mass is 19.1. The maximum absolute atomic E-state index is 13.3. The molecule has 0 amide bonds. The molecule has 3 heteroatoms. The molecule has 0 fully saturated rings. The molecule has 0 bridgehead atoms. The minimum atomic E-state index is -0.710. The number of nitrogens with zero attached hydrogens (tertiary/aromatic N) is 1. The fraction of sp³-hybridized carbons (Fsp3) is 0.250. The van der Waals surface area contributed by atoms with E-state index >= 15 is 0 Å². The average molecular weight is 259 g/mol. The van der Waals surface area contributed by atoms with Crippen LogP contribution in [0.4, 0.5) is 15.8 Å². The second kappa shape index (κ2) is 5.41. The molecule has 0 saturated carbocycles. The SMILES string of the molecule is Cc1cccc(N(C)c2ccc(F)cc2C(C)O)c1. The molecular formula is C16H18FNO. The van der Waals surface area contributed by atoms with E-state index in [0.29, 0.717) is 5.56 Å². The number of halogens is 1. The number of hydrogen-bond acceptors (Lipinski definition) is 2. The molecule has 19 heavy (non-hydrogen) atoms. The summed E-state index contributed by atoms with van der Waals surface area (Å²) in [6, 6.07) is 12.5. The summed E-state index contributed by atoms with van der Waals surface area (Å²) in [5, 5.41) is 9.79. The monoisotopic (exact) mass is 259 g/mol. The lowest BCUT2D eigenvalue weighted by Crippen LogP contribution is -2.13. The predicted molar refractivity (Wildman–Crippen MR) is 76.3 cm³/mol. The predicted octanol–water partition coefficient (Wildman–Crippen LogP) is 3.96. The Morgan fingerprint density at radius 2 is 1.89 bits per heavy atom.